The molecular weight excluding hydrogens is 236 g/mol. The van der Waals surface area contributed by atoms with E-state index in [0.29, 0.717) is 12.1 Å². The summed E-state index contributed by atoms with van der Waals surface area (Å²) in [7, 11) is 0. The van der Waals surface area contributed by atoms with Gasteiger partial charge in [0.1, 0.15) is 24.8 Å². The van der Waals surface area contributed by atoms with Crippen molar-refractivity contribution in [2.75, 3.05) is 0 Å². The lowest BCUT2D eigenvalue weighted by atomic mass is 10.4. The number of nitrogens with zero attached hydrogens (tertiary/aromatic N) is 4. The zero-order valence-electron chi connectivity index (χ0n) is 13.0. The quantitative estimate of drug-likeness (QED) is 0.752. The lowest BCUT2D eigenvalue weighted by Crippen LogP contribution is -2.53. The van der Waals surface area contributed by atoms with Crippen molar-refractivity contribution >= 4 is 0 Å². The van der Waals surface area contributed by atoms with Crippen LogP contribution >= 0.6 is 0 Å². The molecular formula is C15H26N4+2. The van der Waals surface area contributed by atoms with Crippen LogP contribution in [0.4, 0.5) is 0 Å². The summed E-state index contributed by atoms with van der Waals surface area (Å²) in [5.74, 6) is 2.58. The molecule has 104 valence electrons. The van der Waals surface area contributed by atoms with Crippen molar-refractivity contribution in [1.82, 2.24) is 9.13 Å². The minimum absolute atomic E-state index is 0.507. The van der Waals surface area contributed by atoms with Crippen molar-refractivity contribution in [2.24, 2.45) is 0 Å². The summed E-state index contributed by atoms with van der Waals surface area (Å²) < 4.78 is 9.18. The summed E-state index contributed by atoms with van der Waals surface area (Å²) >= 11 is 0. The standard InChI is InChI=1S/C15H26N4/c1-12(2)18-9-7-16(14(18)5)11-17-8-10-19(13(3)4)15(17)6/h7-10,12-13H,11H2,1-6H3/q+2. The van der Waals surface area contributed by atoms with Crippen molar-refractivity contribution in [3.8, 4) is 0 Å². The zero-order chi connectivity index (χ0) is 14.2. The Labute approximate surface area is 115 Å². The van der Waals surface area contributed by atoms with Gasteiger partial charge in [-0.25, -0.2) is 9.13 Å². The molecule has 0 saturated heterocycles. The van der Waals surface area contributed by atoms with Crippen LogP contribution < -0.4 is 9.13 Å². The smallest absolute Gasteiger partial charge is 0.232 e. The van der Waals surface area contributed by atoms with Crippen LogP contribution in [0.15, 0.2) is 24.8 Å². The molecule has 2 aromatic rings. The fraction of sp³-hybridized carbons (Fsp3) is 0.600. The maximum absolute atomic E-state index is 2.30. The Kier molecular flexibility index (Phi) is 3.78. The largest absolute Gasteiger partial charge is 0.256 e. The first kappa shape index (κ1) is 13.8. The molecule has 0 N–H and O–H groups in total. The number of hydrogen-bond acceptors (Lipinski definition) is 0. The predicted octanol–water partition coefficient (Wildman–Crippen LogP) is 2.15. The average Bonchev–Trinajstić information content (AvgIpc) is 2.85. The molecule has 2 rings (SSSR count). The van der Waals surface area contributed by atoms with Crippen LogP contribution in [0.5, 0.6) is 0 Å². The fourth-order valence-electron chi connectivity index (χ4n) is 2.59. The van der Waals surface area contributed by atoms with Gasteiger partial charge in [0.15, 0.2) is 0 Å². The molecule has 0 aliphatic rings. The van der Waals surface area contributed by atoms with Crippen LogP contribution in [-0.4, -0.2) is 9.13 Å². The van der Waals surface area contributed by atoms with Crippen LogP contribution in [0.2, 0.25) is 0 Å². The third-order valence-electron chi connectivity index (χ3n) is 3.81. The highest BCUT2D eigenvalue weighted by atomic mass is 15.3. The summed E-state index contributed by atoms with van der Waals surface area (Å²) in [6, 6.07) is 1.01. The Morgan fingerprint density at radius 2 is 1.21 bits per heavy atom. The van der Waals surface area contributed by atoms with E-state index in [0.717, 1.165) is 6.67 Å². The van der Waals surface area contributed by atoms with Gasteiger partial charge in [-0.1, -0.05) is 0 Å². The van der Waals surface area contributed by atoms with E-state index in [2.05, 4.69) is 84.6 Å². The van der Waals surface area contributed by atoms with Crippen molar-refractivity contribution in [3.63, 3.8) is 0 Å². The third kappa shape index (κ3) is 2.57. The Balaban J connectivity index is 2.27. The summed E-state index contributed by atoms with van der Waals surface area (Å²) in [6.45, 7) is 14.1. The molecule has 0 aromatic carbocycles. The Hall–Kier alpha value is -1.58. The van der Waals surface area contributed by atoms with Crippen molar-refractivity contribution in [1.29, 1.82) is 0 Å². The molecule has 4 heteroatoms. The highest BCUT2D eigenvalue weighted by Gasteiger charge is 2.20. The van der Waals surface area contributed by atoms with Crippen LogP contribution in [0.1, 0.15) is 51.4 Å². The maximum Gasteiger partial charge on any atom is 0.256 e. The van der Waals surface area contributed by atoms with Gasteiger partial charge in [-0.15, -0.1) is 0 Å². The molecule has 0 aliphatic heterocycles. The van der Waals surface area contributed by atoms with Gasteiger partial charge in [-0.05, 0) is 27.7 Å². The second kappa shape index (κ2) is 5.19. The lowest BCUT2D eigenvalue weighted by Gasteiger charge is -2.04. The summed E-state index contributed by atoms with van der Waals surface area (Å²) in [5.41, 5.74) is 0. The lowest BCUT2D eigenvalue weighted by molar-refractivity contribution is -0.917. The van der Waals surface area contributed by atoms with Crippen molar-refractivity contribution < 1.29 is 9.13 Å². The summed E-state index contributed by atoms with van der Waals surface area (Å²) in [6.07, 6.45) is 8.65. The SMILES string of the molecule is Cc1n(C(C)C)cc[n+]1C[n+]1ccn(C(C)C)c1C. The van der Waals surface area contributed by atoms with E-state index in [4.69, 9.17) is 0 Å². The van der Waals surface area contributed by atoms with Crippen LogP contribution in [0.3, 0.4) is 0 Å². The van der Waals surface area contributed by atoms with Crippen molar-refractivity contribution in [3.05, 3.63) is 36.4 Å². The van der Waals surface area contributed by atoms with E-state index in [1.807, 2.05) is 0 Å². The van der Waals surface area contributed by atoms with Crippen LogP contribution in [-0.2, 0) is 6.67 Å². The molecule has 0 spiro atoms. The third-order valence-corrected chi connectivity index (χ3v) is 3.81. The summed E-state index contributed by atoms with van der Waals surface area (Å²) in [5, 5.41) is 0. The van der Waals surface area contributed by atoms with Gasteiger partial charge in [0.25, 0.3) is 11.6 Å². The normalized spacial score (nSPS) is 11.8. The topological polar surface area (TPSA) is 17.6 Å². The predicted molar refractivity (Wildman–Crippen MR) is 74.9 cm³/mol. The van der Waals surface area contributed by atoms with Gasteiger partial charge in [0.05, 0.1) is 12.1 Å². The molecule has 0 amide bonds. The highest BCUT2D eigenvalue weighted by molar-refractivity contribution is 4.83. The molecule has 0 unspecified atom stereocenters. The monoisotopic (exact) mass is 262 g/mol. The van der Waals surface area contributed by atoms with Crippen molar-refractivity contribution in [2.45, 2.75) is 60.3 Å². The van der Waals surface area contributed by atoms with E-state index in [9.17, 15) is 0 Å². The second-order valence-corrected chi connectivity index (χ2v) is 5.77. The van der Waals surface area contributed by atoms with E-state index in [1.165, 1.54) is 11.6 Å². The average molecular weight is 262 g/mol. The highest BCUT2D eigenvalue weighted by Crippen LogP contribution is 2.06. The first-order valence-corrected chi connectivity index (χ1v) is 7.05. The Bertz CT molecular complexity index is 510. The molecule has 0 radical (unpaired) electrons. The maximum atomic E-state index is 2.30. The first-order chi connectivity index (χ1) is 8.91. The minimum Gasteiger partial charge on any atom is -0.232 e. The van der Waals surface area contributed by atoms with Gasteiger partial charge in [0.2, 0.25) is 6.67 Å². The first-order valence-electron chi connectivity index (χ1n) is 7.05. The second-order valence-electron chi connectivity index (χ2n) is 5.77. The van der Waals surface area contributed by atoms with Gasteiger partial charge < -0.3 is 0 Å². The van der Waals surface area contributed by atoms with Crippen LogP contribution in [0, 0.1) is 13.8 Å². The number of aromatic nitrogens is 4. The van der Waals surface area contributed by atoms with E-state index in [-0.39, 0.29) is 0 Å². The van der Waals surface area contributed by atoms with Gasteiger partial charge in [0, 0.05) is 13.8 Å². The van der Waals surface area contributed by atoms with E-state index >= 15 is 0 Å². The number of rotatable bonds is 4. The molecule has 0 bridgehead atoms. The van der Waals surface area contributed by atoms with Gasteiger partial charge in [-0.2, -0.15) is 9.13 Å². The minimum atomic E-state index is 0.507. The fourth-order valence-corrected chi connectivity index (χ4v) is 2.59. The number of hydrogen-bond donors (Lipinski definition) is 0. The molecule has 0 saturated carbocycles. The van der Waals surface area contributed by atoms with Gasteiger partial charge >= 0.3 is 0 Å². The molecule has 2 aromatic heterocycles. The van der Waals surface area contributed by atoms with Crippen LogP contribution in [0.25, 0.3) is 0 Å². The van der Waals surface area contributed by atoms with E-state index < -0.39 is 0 Å². The zero-order valence-corrected chi connectivity index (χ0v) is 13.0. The molecule has 0 fully saturated rings. The molecule has 2 heterocycles. The number of imidazole rings is 2. The molecule has 4 nitrogen and oxygen atoms in total. The molecule has 0 aliphatic carbocycles. The molecule has 0 atom stereocenters. The molecule has 19 heavy (non-hydrogen) atoms. The Morgan fingerprint density at radius 3 is 1.47 bits per heavy atom. The summed E-state index contributed by atoms with van der Waals surface area (Å²) in [4.78, 5) is 0. The van der Waals surface area contributed by atoms with E-state index in [1.54, 1.807) is 0 Å². The van der Waals surface area contributed by atoms with Gasteiger partial charge in [-0.3, -0.25) is 0 Å². The Morgan fingerprint density at radius 1 is 0.842 bits per heavy atom.